The number of hydrogen-bond acceptors (Lipinski definition) is 3. The molecule has 0 unspecified atom stereocenters. The van der Waals surface area contributed by atoms with Crippen LogP contribution in [0.2, 0.25) is 0 Å². The fourth-order valence-corrected chi connectivity index (χ4v) is 3.62. The molecule has 0 aliphatic rings. The van der Waals surface area contributed by atoms with Crippen molar-refractivity contribution in [3.63, 3.8) is 0 Å². The van der Waals surface area contributed by atoms with Gasteiger partial charge in [0.05, 0.1) is 12.8 Å². The number of hydrogen-bond donors (Lipinski definition) is 0. The quantitative estimate of drug-likeness (QED) is 0.421. The fraction of sp³-hybridized carbons (Fsp3) is 0.333. The highest BCUT2D eigenvalue weighted by molar-refractivity contribution is 5.96. The topological polar surface area (TPSA) is 53.8 Å². The number of carbonyl (C=O) groups excluding carboxylic acids is 2. The molecule has 0 atom stereocenters. The zero-order chi connectivity index (χ0) is 23.8. The zero-order valence-corrected chi connectivity index (χ0v) is 19.5. The van der Waals surface area contributed by atoms with Gasteiger partial charge in [0.1, 0.15) is 18.1 Å². The molecule has 6 heteroatoms. The van der Waals surface area contributed by atoms with Gasteiger partial charge in [-0.1, -0.05) is 45.0 Å². The van der Waals surface area contributed by atoms with Gasteiger partial charge < -0.3 is 14.2 Å². The molecule has 0 bridgehead atoms. The van der Waals surface area contributed by atoms with E-state index in [1.807, 2.05) is 38.1 Å². The number of furan rings is 1. The van der Waals surface area contributed by atoms with Gasteiger partial charge in [0, 0.05) is 18.7 Å². The maximum atomic E-state index is 13.4. The van der Waals surface area contributed by atoms with E-state index in [0.717, 1.165) is 17.5 Å². The second-order valence-electron chi connectivity index (χ2n) is 8.59. The van der Waals surface area contributed by atoms with Crippen molar-refractivity contribution in [3.05, 3.63) is 95.2 Å². The van der Waals surface area contributed by atoms with E-state index in [2.05, 4.69) is 6.92 Å². The lowest BCUT2D eigenvalue weighted by molar-refractivity contribution is -0.133. The summed E-state index contributed by atoms with van der Waals surface area (Å²) < 4.78 is 18.8. The summed E-state index contributed by atoms with van der Waals surface area (Å²) in [4.78, 5) is 29.9. The van der Waals surface area contributed by atoms with E-state index in [-0.39, 0.29) is 43.2 Å². The Balaban J connectivity index is 1.80. The van der Waals surface area contributed by atoms with Crippen LogP contribution in [0.5, 0.6) is 0 Å². The summed E-state index contributed by atoms with van der Waals surface area (Å²) in [6, 6.07) is 17.2. The van der Waals surface area contributed by atoms with Crippen molar-refractivity contribution in [2.75, 3.05) is 13.1 Å². The molecule has 0 spiro atoms. The Morgan fingerprint density at radius 1 is 0.909 bits per heavy atom. The minimum absolute atomic E-state index is 0.0472. The number of nitrogens with zero attached hydrogens (tertiary/aromatic N) is 2. The highest BCUT2D eigenvalue weighted by atomic mass is 19.1. The van der Waals surface area contributed by atoms with Gasteiger partial charge in [-0.2, -0.15) is 0 Å². The van der Waals surface area contributed by atoms with Crippen LogP contribution in [0.15, 0.2) is 71.3 Å². The van der Waals surface area contributed by atoms with E-state index < -0.39 is 0 Å². The zero-order valence-electron chi connectivity index (χ0n) is 19.5. The first-order chi connectivity index (χ1) is 15.9. The molecule has 5 nitrogen and oxygen atoms in total. The van der Waals surface area contributed by atoms with Gasteiger partial charge in [0.15, 0.2) is 0 Å². The van der Waals surface area contributed by atoms with Gasteiger partial charge in [-0.15, -0.1) is 0 Å². The van der Waals surface area contributed by atoms with Gasteiger partial charge >= 0.3 is 0 Å². The van der Waals surface area contributed by atoms with E-state index in [9.17, 15) is 14.0 Å². The number of rotatable bonds is 10. The van der Waals surface area contributed by atoms with Crippen LogP contribution in [0.4, 0.5) is 4.39 Å². The summed E-state index contributed by atoms with van der Waals surface area (Å²) in [7, 11) is 0. The molecule has 1 heterocycles. The van der Waals surface area contributed by atoms with Crippen molar-refractivity contribution >= 4 is 11.8 Å². The number of aryl methyl sites for hydroxylation is 1. The Hall–Kier alpha value is -3.41. The Kier molecular flexibility index (Phi) is 8.41. The van der Waals surface area contributed by atoms with E-state index in [0.29, 0.717) is 17.9 Å². The van der Waals surface area contributed by atoms with Gasteiger partial charge in [0.2, 0.25) is 5.91 Å². The normalized spacial score (nSPS) is 10.9. The predicted molar refractivity (Wildman–Crippen MR) is 126 cm³/mol. The SMILES string of the molecule is CCc1ccc(C(=O)N(CC(=O)N(Cc2ccc(F)cc2)Cc2ccco2)CC(C)C)cc1. The molecule has 2 aromatic carbocycles. The van der Waals surface area contributed by atoms with E-state index in [1.165, 1.54) is 12.1 Å². The van der Waals surface area contributed by atoms with Crippen LogP contribution >= 0.6 is 0 Å². The lowest BCUT2D eigenvalue weighted by Crippen LogP contribution is -2.43. The third kappa shape index (κ3) is 7.04. The lowest BCUT2D eigenvalue weighted by atomic mass is 10.1. The molecule has 0 saturated carbocycles. The van der Waals surface area contributed by atoms with Crippen LogP contribution in [-0.2, 0) is 24.3 Å². The Morgan fingerprint density at radius 3 is 2.15 bits per heavy atom. The Morgan fingerprint density at radius 2 is 1.58 bits per heavy atom. The molecule has 0 radical (unpaired) electrons. The van der Waals surface area contributed by atoms with Crippen molar-refractivity contribution in [1.29, 1.82) is 0 Å². The van der Waals surface area contributed by atoms with Crippen molar-refractivity contribution < 1.29 is 18.4 Å². The molecule has 0 aliphatic heterocycles. The van der Waals surface area contributed by atoms with Gasteiger partial charge in [0.25, 0.3) is 5.91 Å². The van der Waals surface area contributed by atoms with Crippen molar-refractivity contribution in [1.82, 2.24) is 9.80 Å². The first kappa shape index (κ1) is 24.2. The monoisotopic (exact) mass is 450 g/mol. The number of benzene rings is 2. The maximum absolute atomic E-state index is 13.4. The molecule has 2 amide bonds. The minimum atomic E-state index is -0.328. The highest BCUT2D eigenvalue weighted by Crippen LogP contribution is 2.15. The lowest BCUT2D eigenvalue weighted by Gasteiger charge is -2.28. The average Bonchev–Trinajstić information content (AvgIpc) is 3.32. The molecule has 0 aliphatic carbocycles. The second kappa shape index (κ2) is 11.5. The molecule has 1 aromatic heterocycles. The highest BCUT2D eigenvalue weighted by Gasteiger charge is 2.24. The van der Waals surface area contributed by atoms with Crippen LogP contribution in [0.3, 0.4) is 0 Å². The third-order valence-corrected chi connectivity index (χ3v) is 5.37. The molecule has 0 saturated heterocycles. The van der Waals surface area contributed by atoms with Crippen LogP contribution < -0.4 is 0 Å². The van der Waals surface area contributed by atoms with Crippen LogP contribution in [0.1, 0.15) is 48.0 Å². The summed E-state index contributed by atoms with van der Waals surface area (Å²) in [5, 5.41) is 0. The predicted octanol–water partition coefficient (Wildman–Crippen LogP) is 5.31. The van der Waals surface area contributed by atoms with E-state index in [4.69, 9.17) is 4.42 Å². The van der Waals surface area contributed by atoms with Crippen LogP contribution in [0, 0.1) is 11.7 Å². The van der Waals surface area contributed by atoms with Crippen LogP contribution in [-0.4, -0.2) is 34.7 Å². The molecule has 3 aromatic rings. The summed E-state index contributed by atoms with van der Waals surface area (Å²) >= 11 is 0. The van der Waals surface area contributed by atoms with Crippen molar-refractivity contribution in [2.24, 2.45) is 5.92 Å². The Bertz CT molecular complexity index is 1030. The van der Waals surface area contributed by atoms with E-state index in [1.54, 1.807) is 40.3 Å². The summed E-state index contributed by atoms with van der Waals surface area (Å²) in [5.41, 5.74) is 2.52. The third-order valence-electron chi connectivity index (χ3n) is 5.37. The second-order valence-corrected chi connectivity index (χ2v) is 8.59. The number of halogens is 1. The number of carbonyl (C=O) groups is 2. The summed E-state index contributed by atoms with van der Waals surface area (Å²) in [6.07, 6.45) is 2.46. The molecular formula is C27H31FN2O3. The van der Waals surface area contributed by atoms with Gasteiger partial charge in [-0.25, -0.2) is 4.39 Å². The first-order valence-electron chi connectivity index (χ1n) is 11.3. The molecular weight excluding hydrogens is 419 g/mol. The molecule has 0 fully saturated rings. The Labute approximate surface area is 194 Å². The fourth-order valence-electron chi connectivity index (χ4n) is 3.62. The molecule has 33 heavy (non-hydrogen) atoms. The van der Waals surface area contributed by atoms with Gasteiger partial charge in [-0.3, -0.25) is 9.59 Å². The van der Waals surface area contributed by atoms with E-state index >= 15 is 0 Å². The molecule has 3 rings (SSSR count). The minimum Gasteiger partial charge on any atom is -0.467 e. The first-order valence-corrected chi connectivity index (χ1v) is 11.3. The molecule has 0 N–H and O–H groups in total. The number of amides is 2. The standard InChI is InChI=1S/C27H31FN2O3/c1-4-21-7-11-23(12-8-21)27(32)30(16-20(2)3)19-26(31)29(18-25-6-5-15-33-25)17-22-9-13-24(28)14-10-22/h5-15,20H,4,16-19H2,1-3H3. The van der Waals surface area contributed by atoms with Gasteiger partial charge in [-0.05, 0) is 59.9 Å². The summed E-state index contributed by atoms with van der Waals surface area (Å²) in [6.45, 7) is 7.07. The average molecular weight is 451 g/mol. The smallest absolute Gasteiger partial charge is 0.254 e. The van der Waals surface area contributed by atoms with Crippen molar-refractivity contribution in [2.45, 2.75) is 40.3 Å². The van der Waals surface area contributed by atoms with Crippen LogP contribution in [0.25, 0.3) is 0 Å². The van der Waals surface area contributed by atoms with Crippen molar-refractivity contribution in [3.8, 4) is 0 Å². The largest absolute Gasteiger partial charge is 0.467 e. The summed E-state index contributed by atoms with van der Waals surface area (Å²) in [5.74, 6) is 0.148. The maximum Gasteiger partial charge on any atom is 0.254 e. The molecule has 174 valence electrons.